The van der Waals surface area contributed by atoms with Crippen LogP contribution in [-0.4, -0.2) is 29.7 Å². The first-order chi connectivity index (χ1) is 9.70. The van der Waals surface area contributed by atoms with Crippen molar-refractivity contribution in [1.29, 1.82) is 0 Å². The van der Waals surface area contributed by atoms with Gasteiger partial charge in [-0.3, -0.25) is 0 Å². The second-order valence-electron chi connectivity index (χ2n) is 3.70. The highest BCUT2D eigenvalue weighted by molar-refractivity contribution is 9.10. The lowest BCUT2D eigenvalue weighted by molar-refractivity contribution is 0.796. The summed E-state index contributed by atoms with van der Waals surface area (Å²) >= 11 is 9.29. The molecule has 2 aromatic heterocycles. The van der Waals surface area contributed by atoms with Gasteiger partial charge in [0.1, 0.15) is 12.7 Å². The van der Waals surface area contributed by atoms with E-state index in [1.54, 1.807) is 0 Å². The molecule has 3 rings (SSSR count). The minimum atomic E-state index is 0.0722. The highest BCUT2D eigenvalue weighted by Crippen LogP contribution is 2.19. The van der Waals surface area contributed by atoms with E-state index < -0.39 is 0 Å². The molecule has 20 heavy (non-hydrogen) atoms. The third-order valence-electron chi connectivity index (χ3n) is 2.30. The molecular formula is C11H7BrClN7. The Hall–Kier alpha value is -2.06. The summed E-state index contributed by atoms with van der Waals surface area (Å²) in [5, 5.41) is 7.07. The van der Waals surface area contributed by atoms with Crippen LogP contribution in [0.5, 0.6) is 0 Å². The van der Waals surface area contributed by atoms with Gasteiger partial charge in [0, 0.05) is 10.2 Å². The van der Waals surface area contributed by atoms with E-state index in [1.165, 1.54) is 17.3 Å². The van der Waals surface area contributed by atoms with E-state index in [0.29, 0.717) is 11.9 Å². The summed E-state index contributed by atoms with van der Waals surface area (Å²) in [5.74, 6) is 0.619. The predicted molar refractivity (Wildman–Crippen MR) is 77.2 cm³/mol. The van der Waals surface area contributed by atoms with E-state index in [1.807, 2.05) is 24.3 Å². The van der Waals surface area contributed by atoms with Crippen LogP contribution < -0.4 is 5.32 Å². The number of hydrogen-bond acceptors (Lipinski definition) is 6. The third-order valence-corrected chi connectivity index (χ3v) is 2.96. The van der Waals surface area contributed by atoms with Crippen LogP contribution in [0.3, 0.4) is 0 Å². The predicted octanol–water partition coefficient (Wildman–Crippen LogP) is 2.61. The Morgan fingerprint density at radius 1 is 1.20 bits per heavy atom. The quantitative estimate of drug-likeness (QED) is 0.780. The van der Waals surface area contributed by atoms with E-state index in [-0.39, 0.29) is 5.28 Å². The molecule has 100 valence electrons. The van der Waals surface area contributed by atoms with Crippen molar-refractivity contribution < 1.29 is 0 Å². The van der Waals surface area contributed by atoms with Crippen LogP contribution >= 0.6 is 27.5 Å². The fourth-order valence-corrected chi connectivity index (χ4v) is 2.06. The molecule has 0 unspecified atom stereocenters. The molecule has 0 amide bonds. The summed E-state index contributed by atoms with van der Waals surface area (Å²) < 4.78 is 2.35. The van der Waals surface area contributed by atoms with Gasteiger partial charge in [-0.2, -0.15) is 24.7 Å². The first-order valence-electron chi connectivity index (χ1n) is 5.50. The number of benzene rings is 1. The topological polar surface area (TPSA) is 81.4 Å². The fourth-order valence-electron chi connectivity index (χ4n) is 1.50. The first-order valence-corrected chi connectivity index (χ1v) is 6.67. The summed E-state index contributed by atoms with van der Waals surface area (Å²) in [5.41, 5.74) is 0.825. The zero-order valence-corrected chi connectivity index (χ0v) is 12.2. The van der Waals surface area contributed by atoms with Gasteiger partial charge in [0.05, 0.1) is 0 Å². The Bertz CT molecular complexity index is 731. The molecule has 7 nitrogen and oxygen atoms in total. The maximum Gasteiger partial charge on any atom is 0.258 e. The van der Waals surface area contributed by atoms with E-state index in [0.717, 1.165) is 10.2 Å². The molecule has 0 saturated carbocycles. The van der Waals surface area contributed by atoms with Gasteiger partial charge in [0.25, 0.3) is 5.95 Å². The Kier molecular flexibility index (Phi) is 3.57. The van der Waals surface area contributed by atoms with Crippen LogP contribution in [0.1, 0.15) is 0 Å². The number of halogens is 2. The number of anilines is 2. The summed E-state index contributed by atoms with van der Waals surface area (Å²) in [4.78, 5) is 16.1. The van der Waals surface area contributed by atoms with Crippen LogP contribution in [0.15, 0.2) is 41.4 Å². The molecule has 1 N–H and O–H groups in total. The number of nitrogens with zero attached hydrogens (tertiary/aromatic N) is 6. The number of rotatable bonds is 3. The molecule has 0 saturated heterocycles. The van der Waals surface area contributed by atoms with Gasteiger partial charge in [0.2, 0.25) is 11.2 Å². The van der Waals surface area contributed by atoms with Crippen LogP contribution in [0.4, 0.5) is 11.6 Å². The van der Waals surface area contributed by atoms with Crippen LogP contribution in [0.2, 0.25) is 5.28 Å². The van der Waals surface area contributed by atoms with E-state index in [4.69, 9.17) is 11.6 Å². The molecule has 0 spiro atoms. The summed E-state index contributed by atoms with van der Waals surface area (Å²) in [7, 11) is 0. The van der Waals surface area contributed by atoms with E-state index in [9.17, 15) is 0 Å². The Morgan fingerprint density at radius 3 is 2.85 bits per heavy atom. The van der Waals surface area contributed by atoms with E-state index in [2.05, 4.69) is 46.3 Å². The summed E-state index contributed by atoms with van der Waals surface area (Å²) in [6, 6.07) is 7.60. The summed E-state index contributed by atoms with van der Waals surface area (Å²) in [6.45, 7) is 0. The largest absolute Gasteiger partial charge is 0.324 e. The minimum absolute atomic E-state index is 0.0722. The second-order valence-corrected chi connectivity index (χ2v) is 4.96. The van der Waals surface area contributed by atoms with Crippen molar-refractivity contribution in [2.45, 2.75) is 0 Å². The number of hydrogen-bond donors (Lipinski definition) is 1. The lowest BCUT2D eigenvalue weighted by atomic mass is 10.3. The molecule has 9 heteroatoms. The molecule has 2 heterocycles. The van der Waals surface area contributed by atoms with Crippen LogP contribution in [0.25, 0.3) is 5.95 Å². The highest BCUT2D eigenvalue weighted by Gasteiger charge is 2.07. The van der Waals surface area contributed by atoms with Crippen molar-refractivity contribution in [1.82, 2.24) is 29.7 Å². The highest BCUT2D eigenvalue weighted by atomic mass is 79.9. The Morgan fingerprint density at radius 2 is 2.10 bits per heavy atom. The van der Waals surface area contributed by atoms with Gasteiger partial charge in [-0.15, -0.1) is 0 Å². The lowest BCUT2D eigenvalue weighted by Crippen LogP contribution is -2.06. The average molecular weight is 353 g/mol. The SMILES string of the molecule is Clc1nc(Nc2cccc(Br)c2)nc(-n2cncn2)n1. The van der Waals surface area contributed by atoms with Crippen molar-refractivity contribution in [3.05, 3.63) is 46.7 Å². The summed E-state index contributed by atoms with van der Waals surface area (Å²) in [6.07, 6.45) is 2.87. The van der Waals surface area contributed by atoms with Gasteiger partial charge in [-0.05, 0) is 29.8 Å². The lowest BCUT2D eigenvalue weighted by Gasteiger charge is -2.06. The van der Waals surface area contributed by atoms with Crippen molar-refractivity contribution in [3.63, 3.8) is 0 Å². The number of nitrogens with one attached hydrogen (secondary N) is 1. The molecule has 0 aliphatic carbocycles. The zero-order valence-electron chi connectivity index (χ0n) is 9.90. The first kappa shape index (κ1) is 12.9. The molecule has 0 radical (unpaired) electrons. The maximum absolute atomic E-state index is 5.89. The molecule has 1 aromatic carbocycles. The molecular weight excluding hydrogens is 346 g/mol. The maximum atomic E-state index is 5.89. The normalized spacial score (nSPS) is 10.5. The molecule has 0 atom stereocenters. The number of aromatic nitrogens is 6. The van der Waals surface area contributed by atoms with Crippen molar-refractivity contribution >= 4 is 39.2 Å². The van der Waals surface area contributed by atoms with Gasteiger partial charge >= 0.3 is 0 Å². The molecule has 0 bridgehead atoms. The van der Waals surface area contributed by atoms with Crippen molar-refractivity contribution in [3.8, 4) is 5.95 Å². The van der Waals surface area contributed by atoms with Crippen LogP contribution in [0, 0.1) is 0 Å². The molecule has 0 aliphatic rings. The Labute approximate surface area is 127 Å². The Balaban J connectivity index is 1.94. The third kappa shape index (κ3) is 2.91. The van der Waals surface area contributed by atoms with Gasteiger partial charge in [-0.25, -0.2) is 4.98 Å². The zero-order chi connectivity index (χ0) is 13.9. The van der Waals surface area contributed by atoms with Gasteiger partial charge in [-0.1, -0.05) is 22.0 Å². The molecule has 0 aliphatic heterocycles. The van der Waals surface area contributed by atoms with E-state index >= 15 is 0 Å². The fraction of sp³-hybridized carbons (Fsp3) is 0. The van der Waals surface area contributed by atoms with Crippen molar-refractivity contribution in [2.75, 3.05) is 5.32 Å². The second kappa shape index (κ2) is 5.51. The van der Waals surface area contributed by atoms with Gasteiger partial charge < -0.3 is 5.32 Å². The van der Waals surface area contributed by atoms with Gasteiger partial charge in [0.15, 0.2) is 0 Å². The molecule has 3 aromatic rings. The van der Waals surface area contributed by atoms with Crippen LogP contribution in [-0.2, 0) is 0 Å². The smallest absolute Gasteiger partial charge is 0.258 e. The minimum Gasteiger partial charge on any atom is -0.324 e. The van der Waals surface area contributed by atoms with Crippen molar-refractivity contribution in [2.24, 2.45) is 0 Å². The molecule has 0 fully saturated rings. The standard InChI is InChI=1S/C11H7BrClN7/c12-7-2-1-3-8(4-7)16-10-17-9(13)18-11(19-10)20-6-14-5-15-20/h1-6H,(H,16,17,18,19). The monoisotopic (exact) mass is 351 g/mol. The average Bonchev–Trinajstić information content (AvgIpc) is 2.91.